The zero-order valence-electron chi connectivity index (χ0n) is 20.2. The largest absolute Gasteiger partial charge is 0.480 e. The number of alkyl carbamates (subject to hydrolysis) is 1. The smallest absolute Gasteiger partial charge is 0.407 e. The summed E-state index contributed by atoms with van der Waals surface area (Å²) in [6, 6.07) is 14.6. The Morgan fingerprint density at radius 2 is 1.69 bits per heavy atom. The van der Waals surface area contributed by atoms with Gasteiger partial charge in [-0.05, 0) is 41.5 Å². The molecule has 2 aromatic carbocycles. The van der Waals surface area contributed by atoms with E-state index >= 15 is 0 Å². The summed E-state index contributed by atoms with van der Waals surface area (Å²) >= 11 is 0. The van der Waals surface area contributed by atoms with Crippen LogP contribution in [0.15, 0.2) is 48.5 Å². The van der Waals surface area contributed by atoms with E-state index in [4.69, 9.17) is 4.74 Å². The molecule has 35 heavy (non-hydrogen) atoms. The summed E-state index contributed by atoms with van der Waals surface area (Å²) in [5, 5.41) is 12.4. The highest BCUT2D eigenvalue weighted by atomic mass is 16.5. The van der Waals surface area contributed by atoms with Gasteiger partial charge in [-0.1, -0.05) is 81.1 Å². The first-order valence-electron chi connectivity index (χ1n) is 12.7. The quantitative estimate of drug-likeness (QED) is 0.560. The number of hydrogen-bond donors (Lipinski definition) is 2. The molecule has 2 aliphatic rings. The molecule has 1 aliphatic carbocycles. The number of carbonyl (C=O) groups excluding carboxylic acids is 2. The Kier molecular flexibility index (Phi) is 8.06. The van der Waals surface area contributed by atoms with Crippen molar-refractivity contribution in [2.75, 3.05) is 13.2 Å². The minimum atomic E-state index is -0.990. The van der Waals surface area contributed by atoms with Crippen molar-refractivity contribution in [2.45, 2.75) is 69.9 Å². The Labute approximate surface area is 206 Å². The van der Waals surface area contributed by atoms with E-state index in [0.717, 1.165) is 54.4 Å². The number of nitrogens with zero attached hydrogens (tertiary/aromatic N) is 1. The van der Waals surface area contributed by atoms with E-state index < -0.39 is 24.1 Å². The highest BCUT2D eigenvalue weighted by molar-refractivity contribution is 5.89. The monoisotopic (exact) mass is 478 g/mol. The number of carboxylic acid groups (broad SMARTS) is 1. The van der Waals surface area contributed by atoms with Crippen LogP contribution in [0.5, 0.6) is 0 Å². The second-order valence-corrected chi connectivity index (χ2v) is 9.40. The highest BCUT2D eigenvalue weighted by Gasteiger charge is 2.35. The van der Waals surface area contributed by atoms with Gasteiger partial charge in [-0.25, -0.2) is 9.59 Å². The topological polar surface area (TPSA) is 95.9 Å². The van der Waals surface area contributed by atoms with Crippen molar-refractivity contribution in [3.05, 3.63) is 59.7 Å². The number of unbranched alkanes of at least 4 members (excludes halogenated alkanes) is 1. The molecule has 2 atom stereocenters. The summed E-state index contributed by atoms with van der Waals surface area (Å²) in [5.41, 5.74) is 4.53. The SMILES string of the molecule is CCCCC(NC(=O)OCC1c2ccccc2-c2ccccc21)C(=O)N1CCCCCC1C(=O)O. The summed E-state index contributed by atoms with van der Waals surface area (Å²) in [5.74, 6) is -1.39. The van der Waals surface area contributed by atoms with Gasteiger partial charge in [0, 0.05) is 12.5 Å². The molecule has 1 fully saturated rings. The molecule has 0 radical (unpaired) electrons. The fourth-order valence-electron chi connectivity index (χ4n) is 5.28. The van der Waals surface area contributed by atoms with Crippen LogP contribution in [0.4, 0.5) is 4.79 Å². The number of amides is 2. The molecule has 0 spiro atoms. The van der Waals surface area contributed by atoms with Gasteiger partial charge in [-0.2, -0.15) is 0 Å². The van der Waals surface area contributed by atoms with E-state index in [-0.39, 0.29) is 18.4 Å². The minimum absolute atomic E-state index is 0.0695. The number of hydrogen-bond acceptors (Lipinski definition) is 4. The number of fused-ring (bicyclic) bond motifs is 3. The van der Waals surface area contributed by atoms with Crippen LogP contribution < -0.4 is 5.32 Å². The first-order chi connectivity index (χ1) is 17.0. The van der Waals surface area contributed by atoms with Crippen LogP contribution >= 0.6 is 0 Å². The zero-order chi connectivity index (χ0) is 24.8. The van der Waals surface area contributed by atoms with Crippen molar-refractivity contribution in [2.24, 2.45) is 0 Å². The Balaban J connectivity index is 1.45. The van der Waals surface area contributed by atoms with Crippen molar-refractivity contribution >= 4 is 18.0 Å². The van der Waals surface area contributed by atoms with Crippen LogP contribution in [0.3, 0.4) is 0 Å². The normalized spacial score (nSPS) is 18.2. The van der Waals surface area contributed by atoms with Crippen molar-refractivity contribution < 1.29 is 24.2 Å². The minimum Gasteiger partial charge on any atom is -0.480 e. The molecule has 0 saturated carbocycles. The summed E-state index contributed by atoms with van der Waals surface area (Å²) in [7, 11) is 0. The average Bonchev–Trinajstić information content (AvgIpc) is 3.00. The Hall–Kier alpha value is -3.35. The van der Waals surface area contributed by atoms with Gasteiger partial charge in [-0.15, -0.1) is 0 Å². The first-order valence-corrected chi connectivity index (χ1v) is 12.7. The van der Waals surface area contributed by atoms with Crippen LogP contribution in [-0.4, -0.2) is 53.2 Å². The second-order valence-electron chi connectivity index (χ2n) is 9.40. The number of carboxylic acids is 1. The molecule has 186 valence electrons. The van der Waals surface area contributed by atoms with E-state index in [1.165, 1.54) is 4.90 Å². The van der Waals surface area contributed by atoms with E-state index in [9.17, 15) is 19.5 Å². The fraction of sp³-hybridized carbons (Fsp3) is 0.464. The van der Waals surface area contributed by atoms with Crippen molar-refractivity contribution in [1.29, 1.82) is 0 Å². The average molecular weight is 479 g/mol. The van der Waals surface area contributed by atoms with Gasteiger partial charge in [0.25, 0.3) is 0 Å². The summed E-state index contributed by atoms with van der Waals surface area (Å²) in [6.07, 6.45) is 4.27. The summed E-state index contributed by atoms with van der Waals surface area (Å²) in [4.78, 5) is 39.5. The molecule has 1 aliphatic heterocycles. The van der Waals surface area contributed by atoms with Gasteiger partial charge >= 0.3 is 12.1 Å². The molecule has 4 rings (SSSR count). The maximum Gasteiger partial charge on any atom is 0.407 e. The first kappa shape index (κ1) is 24.8. The van der Waals surface area contributed by atoms with Crippen LogP contribution in [0.2, 0.25) is 0 Å². The predicted octanol–water partition coefficient (Wildman–Crippen LogP) is 4.94. The molecular formula is C28H34N2O5. The molecule has 1 heterocycles. The van der Waals surface area contributed by atoms with Gasteiger partial charge in [0.2, 0.25) is 5.91 Å². The number of nitrogens with one attached hydrogen (secondary N) is 1. The Bertz CT molecular complexity index is 1020. The van der Waals surface area contributed by atoms with E-state index in [1.54, 1.807) is 0 Å². The molecule has 2 aromatic rings. The maximum atomic E-state index is 13.4. The van der Waals surface area contributed by atoms with Crippen molar-refractivity contribution in [1.82, 2.24) is 10.2 Å². The van der Waals surface area contributed by atoms with E-state index in [1.807, 2.05) is 31.2 Å². The van der Waals surface area contributed by atoms with Gasteiger partial charge in [0.05, 0.1) is 0 Å². The molecule has 7 heteroatoms. The number of aliphatic carboxylic acids is 1. The van der Waals surface area contributed by atoms with Gasteiger partial charge < -0.3 is 20.1 Å². The lowest BCUT2D eigenvalue weighted by atomic mass is 9.98. The number of ether oxygens (including phenoxy) is 1. The van der Waals surface area contributed by atoms with Crippen molar-refractivity contribution in [3.63, 3.8) is 0 Å². The van der Waals surface area contributed by atoms with Crippen LogP contribution in [0.25, 0.3) is 11.1 Å². The van der Waals surface area contributed by atoms with Crippen molar-refractivity contribution in [3.8, 4) is 11.1 Å². The van der Waals surface area contributed by atoms with Crippen LogP contribution in [0.1, 0.15) is 68.9 Å². The summed E-state index contributed by atoms with van der Waals surface area (Å²) < 4.78 is 5.65. The third kappa shape index (κ3) is 5.50. The third-order valence-electron chi connectivity index (χ3n) is 7.10. The molecule has 0 aromatic heterocycles. The number of rotatable bonds is 8. The van der Waals surface area contributed by atoms with Gasteiger partial charge in [0.15, 0.2) is 0 Å². The number of benzene rings is 2. The van der Waals surface area contributed by atoms with Crippen LogP contribution in [-0.2, 0) is 14.3 Å². The molecule has 0 bridgehead atoms. The molecule has 2 unspecified atom stereocenters. The lowest BCUT2D eigenvalue weighted by molar-refractivity contribution is -0.151. The zero-order valence-corrected chi connectivity index (χ0v) is 20.2. The molecule has 1 saturated heterocycles. The molecule has 2 N–H and O–H groups in total. The highest BCUT2D eigenvalue weighted by Crippen LogP contribution is 2.44. The fourth-order valence-corrected chi connectivity index (χ4v) is 5.28. The van der Waals surface area contributed by atoms with E-state index in [2.05, 4.69) is 29.6 Å². The Morgan fingerprint density at radius 1 is 1.03 bits per heavy atom. The standard InChI is InChI=1S/C28H34N2O5/c1-2-3-15-24(26(31)30-17-10-4-5-16-25(30)27(32)33)29-28(34)35-18-23-21-13-8-6-11-19(21)20-12-7-9-14-22(20)23/h6-9,11-14,23-25H,2-5,10,15-18H2,1H3,(H,29,34)(H,32,33). The predicted molar refractivity (Wildman–Crippen MR) is 133 cm³/mol. The molecule has 7 nitrogen and oxygen atoms in total. The molecule has 2 amide bonds. The lowest BCUT2D eigenvalue weighted by Crippen LogP contribution is -2.53. The van der Waals surface area contributed by atoms with Gasteiger partial charge in [-0.3, -0.25) is 4.79 Å². The number of likely N-dealkylation sites (tertiary alicyclic amines) is 1. The Morgan fingerprint density at radius 3 is 2.31 bits per heavy atom. The maximum absolute atomic E-state index is 13.4. The van der Waals surface area contributed by atoms with Crippen LogP contribution in [0, 0.1) is 0 Å². The molecular weight excluding hydrogens is 444 g/mol. The summed E-state index contributed by atoms with van der Waals surface area (Å²) in [6.45, 7) is 2.57. The number of carbonyl (C=O) groups is 3. The lowest BCUT2D eigenvalue weighted by Gasteiger charge is -2.31. The second kappa shape index (κ2) is 11.4. The third-order valence-corrected chi connectivity index (χ3v) is 7.10. The van der Waals surface area contributed by atoms with Gasteiger partial charge in [0.1, 0.15) is 18.7 Å². The van der Waals surface area contributed by atoms with E-state index in [0.29, 0.717) is 19.4 Å².